The topological polar surface area (TPSA) is 65.2 Å². The third-order valence-electron chi connectivity index (χ3n) is 3.40. The summed E-state index contributed by atoms with van der Waals surface area (Å²) in [7, 11) is 0. The van der Waals surface area contributed by atoms with Crippen molar-refractivity contribution in [2.45, 2.75) is 12.8 Å². The summed E-state index contributed by atoms with van der Waals surface area (Å²) in [4.78, 5) is 15.6. The minimum absolute atomic E-state index is 0.0618. The molecule has 1 heterocycles. The van der Waals surface area contributed by atoms with E-state index in [1.54, 1.807) is 0 Å². The van der Waals surface area contributed by atoms with Crippen LogP contribution in [0.5, 0.6) is 0 Å². The fourth-order valence-electron chi connectivity index (χ4n) is 2.10. The van der Waals surface area contributed by atoms with Crippen LogP contribution >= 0.6 is 0 Å². The molecule has 0 saturated carbocycles. The number of hydrogen-bond donors (Lipinski definition) is 0. The highest BCUT2D eigenvalue weighted by Crippen LogP contribution is 2.31. The third kappa shape index (κ3) is 4.27. The minimum Gasteiger partial charge on any atom is -0.452 e. The molecule has 0 atom stereocenters. The van der Waals surface area contributed by atoms with E-state index >= 15 is 0 Å². The van der Waals surface area contributed by atoms with Crippen LogP contribution in [0.2, 0.25) is 0 Å². The molecule has 0 fully saturated rings. The molecular formula is C17H9F5N2O3. The van der Waals surface area contributed by atoms with Gasteiger partial charge < -0.3 is 9.26 Å². The Kier molecular flexibility index (Phi) is 4.89. The quantitative estimate of drug-likeness (QED) is 0.493. The van der Waals surface area contributed by atoms with E-state index in [1.165, 1.54) is 12.1 Å². The van der Waals surface area contributed by atoms with Crippen LogP contribution in [-0.4, -0.2) is 16.1 Å². The zero-order valence-electron chi connectivity index (χ0n) is 13.3. The molecule has 2 aromatic carbocycles. The number of carbonyl (C=O) groups excluding carboxylic acids is 1. The number of carbonyl (C=O) groups is 1. The van der Waals surface area contributed by atoms with Gasteiger partial charge in [-0.15, -0.1) is 0 Å². The van der Waals surface area contributed by atoms with Crippen LogP contribution < -0.4 is 0 Å². The second-order valence-corrected chi connectivity index (χ2v) is 5.30. The highest BCUT2D eigenvalue weighted by atomic mass is 19.4. The Morgan fingerprint density at radius 1 is 1.07 bits per heavy atom. The fraction of sp³-hybridized carbons (Fsp3) is 0.118. The second-order valence-electron chi connectivity index (χ2n) is 5.30. The Labute approximate surface area is 148 Å². The summed E-state index contributed by atoms with van der Waals surface area (Å²) in [5.74, 6) is -3.60. The van der Waals surface area contributed by atoms with Gasteiger partial charge in [-0.05, 0) is 30.3 Å². The fourth-order valence-corrected chi connectivity index (χ4v) is 2.10. The molecular weight excluding hydrogens is 375 g/mol. The van der Waals surface area contributed by atoms with E-state index in [1.807, 2.05) is 0 Å². The zero-order chi connectivity index (χ0) is 19.6. The van der Waals surface area contributed by atoms with Crippen LogP contribution in [0.1, 0.15) is 21.8 Å². The van der Waals surface area contributed by atoms with Crippen LogP contribution in [0.4, 0.5) is 22.0 Å². The van der Waals surface area contributed by atoms with Crippen molar-refractivity contribution in [3.05, 3.63) is 71.1 Å². The molecule has 0 saturated heterocycles. The van der Waals surface area contributed by atoms with Gasteiger partial charge in [0.05, 0.1) is 11.1 Å². The van der Waals surface area contributed by atoms with Crippen molar-refractivity contribution >= 4 is 5.97 Å². The lowest BCUT2D eigenvalue weighted by molar-refractivity contribution is -0.137. The summed E-state index contributed by atoms with van der Waals surface area (Å²) in [5.41, 5.74) is -1.05. The minimum atomic E-state index is -4.53. The molecule has 140 valence electrons. The first kappa shape index (κ1) is 18.5. The molecule has 0 spiro atoms. The van der Waals surface area contributed by atoms with Gasteiger partial charge in [0.2, 0.25) is 5.82 Å². The summed E-state index contributed by atoms with van der Waals surface area (Å²) in [5, 5.41) is 3.53. The Bertz CT molecular complexity index is 985. The summed E-state index contributed by atoms with van der Waals surface area (Å²) in [6.45, 7) is -0.496. The molecule has 0 aliphatic carbocycles. The van der Waals surface area contributed by atoms with E-state index in [0.29, 0.717) is 6.07 Å². The van der Waals surface area contributed by atoms with E-state index in [0.717, 1.165) is 24.3 Å². The van der Waals surface area contributed by atoms with E-state index in [-0.39, 0.29) is 22.8 Å². The molecule has 0 unspecified atom stereocenters. The lowest BCUT2D eigenvalue weighted by Gasteiger charge is -2.06. The first-order chi connectivity index (χ1) is 12.7. The summed E-state index contributed by atoms with van der Waals surface area (Å²) < 4.78 is 73.8. The molecule has 0 aliphatic rings. The molecule has 0 radical (unpaired) electrons. The van der Waals surface area contributed by atoms with E-state index in [2.05, 4.69) is 10.1 Å². The number of benzene rings is 2. The molecule has 3 rings (SSSR count). The summed E-state index contributed by atoms with van der Waals surface area (Å²) >= 11 is 0. The Hall–Kier alpha value is -3.30. The van der Waals surface area contributed by atoms with Gasteiger partial charge in [-0.3, -0.25) is 0 Å². The van der Waals surface area contributed by atoms with E-state index in [4.69, 9.17) is 9.26 Å². The molecule has 1 aromatic heterocycles. The van der Waals surface area contributed by atoms with Crippen molar-refractivity contribution in [1.29, 1.82) is 0 Å². The number of esters is 1. The van der Waals surface area contributed by atoms with Gasteiger partial charge in [-0.1, -0.05) is 17.3 Å². The van der Waals surface area contributed by atoms with Gasteiger partial charge in [0.1, 0.15) is 0 Å². The molecule has 0 bridgehead atoms. The third-order valence-corrected chi connectivity index (χ3v) is 3.40. The largest absolute Gasteiger partial charge is 0.452 e. The van der Waals surface area contributed by atoms with Crippen LogP contribution in [0, 0.1) is 11.6 Å². The van der Waals surface area contributed by atoms with Crippen LogP contribution in [0.15, 0.2) is 47.0 Å². The molecule has 0 N–H and O–H groups in total. The normalized spacial score (nSPS) is 11.4. The number of hydrogen-bond acceptors (Lipinski definition) is 5. The van der Waals surface area contributed by atoms with Crippen molar-refractivity contribution < 1.29 is 36.0 Å². The van der Waals surface area contributed by atoms with Crippen molar-refractivity contribution in [3.63, 3.8) is 0 Å². The van der Waals surface area contributed by atoms with Crippen molar-refractivity contribution in [2.75, 3.05) is 0 Å². The van der Waals surface area contributed by atoms with Gasteiger partial charge >= 0.3 is 12.1 Å². The monoisotopic (exact) mass is 384 g/mol. The average molecular weight is 384 g/mol. The summed E-state index contributed by atoms with van der Waals surface area (Å²) in [6, 6.07) is 6.76. The van der Waals surface area contributed by atoms with Crippen molar-refractivity contribution in [3.8, 4) is 11.4 Å². The van der Waals surface area contributed by atoms with Crippen molar-refractivity contribution in [1.82, 2.24) is 10.1 Å². The highest BCUT2D eigenvalue weighted by molar-refractivity contribution is 5.89. The van der Waals surface area contributed by atoms with Crippen LogP contribution in [-0.2, 0) is 17.5 Å². The number of rotatable bonds is 4. The lowest BCUT2D eigenvalue weighted by Crippen LogP contribution is -2.06. The maximum absolute atomic E-state index is 13.1. The number of ether oxygens (including phenoxy) is 1. The molecule has 27 heavy (non-hydrogen) atoms. The molecule has 5 nitrogen and oxygen atoms in total. The SMILES string of the molecule is O=C(OCc1nc(-c2cccc(C(F)(F)F)c2)no1)c1ccc(F)c(F)c1. The van der Waals surface area contributed by atoms with Crippen molar-refractivity contribution in [2.24, 2.45) is 0 Å². The van der Waals surface area contributed by atoms with Crippen LogP contribution in [0.3, 0.4) is 0 Å². The Balaban J connectivity index is 1.69. The highest BCUT2D eigenvalue weighted by Gasteiger charge is 2.30. The van der Waals surface area contributed by atoms with E-state index < -0.39 is 36.0 Å². The Morgan fingerprint density at radius 2 is 1.85 bits per heavy atom. The smallest absolute Gasteiger partial charge is 0.416 e. The first-order valence-electron chi connectivity index (χ1n) is 7.36. The van der Waals surface area contributed by atoms with E-state index in [9.17, 15) is 26.7 Å². The van der Waals surface area contributed by atoms with Gasteiger partial charge in [0, 0.05) is 5.56 Å². The first-order valence-corrected chi connectivity index (χ1v) is 7.36. The van der Waals surface area contributed by atoms with Gasteiger partial charge in [0.15, 0.2) is 18.2 Å². The van der Waals surface area contributed by atoms with Gasteiger partial charge in [-0.25, -0.2) is 13.6 Å². The molecule has 0 amide bonds. The number of halogens is 5. The maximum Gasteiger partial charge on any atom is 0.416 e. The Morgan fingerprint density at radius 3 is 2.56 bits per heavy atom. The lowest BCUT2D eigenvalue weighted by atomic mass is 10.1. The number of aromatic nitrogens is 2. The molecule has 10 heteroatoms. The standard InChI is InChI=1S/C17H9F5N2O3/c18-12-5-4-10(7-13(12)19)16(25)26-8-14-23-15(24-27-14)9-2-1-3-11(6-9)17(20,21)22/h1-7H,8H2. The number of nitrogens with zero attached hydrogens (tertiary/aromatic N) is 2. The van der Waals surface area contributed by atoms with Gasteiger partial charge in [0.25, 0.3) is 5.89 Å². The van der Waals surface area contributed by atoms with Crippen LogP contribution in [0.25, 0.3) is 11.4 Å². The number of alkyl halides is 3. The molecule has 0 aliphatic heterocycles. The maximum atomic E-state index is 13.1. The zero-order valence-corrected chi connectivity index (χ0v) is 13.3. The second kappa shape index (κ2) is 7.14. The molecule has 3 aromatic rings. The average Bonchev–Trinajstić information content (AvgIpc) is 3.10. The van der Waals surface area contributed by atoms with Gasteiger partial charge in [-0.2, -0.15) is 18.2 Å². The predicted octanol–water partition coefficient (Wildman–Crippen LogP) is 4.39. The summed E-state index contributed by atoms with van der Waals surface area (Å²) in [6.07, 6.45) is -4.53. The predicted molar refractivity (Wildman–Crippen MR) is 80.2 cm³/mol.